The molecule has 1 N–H and O–H groups in total. The molecule has 0 saturated carbocycles. The van der Waals surface area contributed by atoms with Crippen LogP contribution in [0.5, 0.6) is 0 Å². The first-order chi connectivity index (χ1) is 9.58. The fourth-order valence-electron chi connectivity index (χ4n) is 1.98. The minimum atomic E-state index is -0.227. The Labute approximate surface area is 119 Å². The highest BCUT2D eigenvalue weighted by molar-refractivity contribution is 5.64. The second-order valence-corrected chi connectivity index (χ2v) is 5.08. The summed E-state index contributed by atoms with van der Waals surface area (Å²) in [6, 6.07) is 8.89. The first-order valence-corrected chi connectivity index (χ1v) is 6.73. The molecule has 3 nitrogen and oxygen atoms in total. The van der Waals surface area contributed by atoms with Crippen molar-refractivity contribution in [3.63, 3.8) is 0 Å². The third-order valence-corrected chi connectivity index (χ3v) is 3.16. The lowest BCUT2D eigenvalue weighted by Crippen LogP contribution is -2.23. The zero-order chi connectivity index (χ0) is 14.5. The molecule has 1 heterocycles. The summed E-state index contributed by atoms with van der Waals surface area (Å²) >= 11 is 0. The quantitative estimate of drug-likeness (QED) is 0.904. The smallest absolute Gasteiger partial charge is 0.123 e. The van der Waals surface area contributed by atoms with Crippen LogP contribution in [0, 0.1) is 5.82 Å². The summed E-state index contributed by atoms with van der Waals surface area (Å²) in [7, 11) is 1.96. The summed E-state index contributed by atoms with van der Waals surface area (Å²) in [5.41, 5.74) is 3.12. The molecule has 2 aromatic rings. The van der Waals surface area contributed by atoms with Crippen molar-refractivity contribution < 1.29 is 4.39 Å². The van der Waals surface area contributed by atoms with E-state index in [9.17, 15) is 4.39 Å². The molecule has 0 atom stereocenters. The van der Waals surface area contributed by atoms with Gasteiger partial charge in [0.2, 0.25) is 0 Å². The van der Waals surface area contributed by atoms with Crippen molar-refractivity contribution in [1.29, 1.82) is 0 Å². The fraction of sp³-hybridized carbons (Fsp3) is 0.312. The topological polar surface area (TPSA) is 28.2 Å². The van der Waals surface area contributed by atoms with Gasteiger partial charge in [0.1, 0.15) is 5.82 Å². The minimum absolute atomic E-state index is 0.227. The lowest BCUT2D eigenvalue weighted by Gasteiger charge is -2.22. The van der Waals surface area contributed by atoms with Crippen molar-refractivity contribution in [2.24, 2.45) is 0 Å². The Bertz CT molecular complexity index is 552. The highest BCUT2D eigenvalue weighted by Gasteiger charge is 2.09. The molecular weight excluding hydrogens is 253 g/mol. The first kappa shape index (κ1) is 14.5. The van der Waals surface area contributed by atoms with Crippen LogP contribution in [0.2, 0.25) is 0 Å². The van der Waals surface area contributed by atoms with E-state index in [2.05, 4.69) is 24.1 Å². The molecule has 2 rings (SSSR count). The Hall–Kier alpha value is -1.94. The standard InChI is InChI=1S/C16H20FN3/c1-12(2)19-10-13-8-9-18-11-16(13)20(3)15-6-4-14(17)5-7-15/h4-9,11-12,19H,10H2,1-3H3. The molecule has 0 fully saturated rings. The van der Waals surface area contributed by atoms with Crippen molar-refractivity contribution in [3.8, 4) is 0 Å². The van der Waals surface area contributed by atoms with E-state index in [4.69, 9.17) is 0 Å². The number of hydrogen-bond acceptors (Lipinski definition) is 3. The van der Waals surface area contributed by atoms with Crippen LogP contribution in [-0.2, 0) is 6.54 Å². The molecule has 0 aliphatic rings. The molecule has 20 heavy (non-hydrogen) atoms. The van der Waals surface area contributed by atoms with Crippen molar-refractivity contribution in [2.75, 3.05) is 11.9 Å². The molecule has 0 aliphatic carbocycles. The van der Waals surface area contributed by atoms with Crippen LogP contribution in [0.3, 0.4) is 0 Å². The molecule has 0 saturated heterocycles. The monoisotopic (exact) mass is 273 g/mol. The number of halogens is 1. The second kappa shape index (κ2) is 6.48. The number of nitrogens with one attached hydrogen (secondary N) is 1. The number of aromatic nitrogens is 1. The van der Waals surface area contributed by atoms with Crippen LogP contribution in [-0.4, -0.2) is 18.1 Å². The van der Waals surface area contributed by atoms with Crippen molar-refractivity contribution in [2.45, 2.75) is 26.4 Å². The van der Waals surface area contributed by atoms with E-state index >= 15 is 0 Å². The minimum Gasteiger partial charge on any atom is -0.343 e. The number of hydrogen-bond donors (Lipinski definition) is 1. The molecule has 0 bridgehead atoms. The normalized spacial score (nSPS) is 10.8. The lowest BCUT2D eigenvalue weighted by molar-refractivity contribution is 0.588. The highest BCUT2D eigenvalue weighted by atomic mass is 19.1. The summed E-state index contributed by atoms with van der Waals surface area (Å²) in [4.78, 5) is 6.21. The van der Waals surface area contributed by atoms with Crippen molar-refractivity contribution in [1.82, 2.24) is 10.3 Å². The Morgan fingerprint density at radius 3 is 2.55 bits per heavy atom. The summed E-state index contributed by atoms with van der Waals surface area (Å²) in [6.07, 6.45) is 3.63. The van der Waals surface area contributed by atoms with Crippen LogP contribution in [0.4, 0.5) is 15.8 Å². The van der Waals surface area contributed by atoms with Crippen LogP contribution < -0.4 is 10.2 Å². The van der Waals surface area contributed by atoms with Gasteiger partial charge in [-0.1, -0.05) is 13.8 Å². The summed E-state index contributed by atoms with van der Waals surface area (Å²) < 4.78 is 13.0. The van der Waals surface area contributed by atoms with Gasteiger partial charge in [-0.25, -0.2) is 4.39 Å². The van der Waals surface area contributed by atoms with Gasteiger partial charge in [-0.3, -0.25) is 4.98 Å². The maximum atomic E-state index is 13.0. The van der Waals surface area contributed by atoms with Crippen molar-refractivity contribution >= 4 is 11.4 Å². The molecule has 0 spiro atoms. The summed E-state index contributed by atoms with van der Waals surface area (Å²) in [5.74, 6) is -0.227. The van der Waals surface area contributed by atoms with Gasteiger partial charge < -0.3 is 10.2 Å². The molecule has 0 amide bonds. The van der Waals surface area contributed by atoms with E-state index < -0.39 is 0 Å². The predicted octanol–water partition coefficient (Wildman–Crippen LogP) is 3.49. The molecule has 106 valence electrons. The third kappa shape index (κ3) is 3.54. The molecule has 4 heteroatoms. The zero-order valence-corrected chi connectivity index (χ0v) is 12.1. The van der Waals surface area contributed by atoms with E-state index in [1.165, 1.54) is 17.7 Å². The van der Waals surface area contributed by atoms with Crippen LogP contribution in [0.15, 0.2) is 42.7 Å². The fourth-order valence-corrected chi connectivity index (χ4v) is 1.98. The van der Waals surface area contributed by atoms with Gasteiger partial charge in [-0.15, -0.1) is 0 Å². The molecule has 0 aliphatic heterocycles. The van der Waals surface area contributed by atoms with Crippen molar-refractivity contribution in [3.05, 3.63) is 54.1 Å². The highest BCUT2D eigenvalue weighted by Crippen LogP contribution is 2.26. The van der Waals surface area contributed by atoms with E-state index in [0.29, 0.717) is 6.04 Å². The summed E-state index contributed by atoms with van der Waals surface area (Å²) in [6.45, 7) is 5.01. The molecule has 1 aromatic heterocycles. The van der Waals surface area contributed by atoms with Gasteiger partial charge in [0, 0.05) is 31.5 Å². The Balaban J connectivity index is 2.24. The van der Waals surface area contributed by atoms with E-state index in [-0.39, 0.29) is 5.82 Å². The van der Waals surface area contributed by atoms with Crippen LogP contribution in [0.1, 0.15) is 19.4 Å². The summed E-state index contributed by atoms with van der Waals surface area (Å²) in [5, 5.41) is 3.40. The molecule has 0 radical (unpaired) electrons. The predicted molar refractivity (Wildman–Crippen MR) is 80.7 cm³/mol. The maximum absolute atomic E-state index is 13.0. The molecular formula is C16H20FN3. The van der Waals surface area contributed by atoms with Gasteiger partial charge in [0.15, 0.2) is 0 Å². The van der Waals surface area contributed by atoms with Crippen LogP contribution in [0.25, 0.3) is 0 Å². The third-order valence-electron chi connectivity index (χ3n) is 3.16. The largest absolute Gasteiger partial charge is 0.343 e. The van der Waals surface area contributed by atoms with Gasteiger partial charge in [0.25, 0.3) is 0 Å². The lowest BCUT2D eigenvalue weighted by atomic mass is 10.2. The average molecular weight is 273 g/mol. The molecule has 0 unspecified atom stereocenters. The Kier molecular flexibility index (Phi) is 4.69. The van der Waals surface area contributed by atoms with Gasteiger partial charge >= 0.3 is 0 Å². The van der Waals surface area contributed by atoms with E-state index in [1.807, 2.05) is 24.2 Å². The maximum Gasteiger partial charge on any atom is 0.123 e. The number of pyridine rings is 1. The van der Waals surface area contributed by atoms with Crippen LogP contribution >= 0.6 is 0 Å². The number of anilines is 2. The van der Waals surface area contributed by atoms with E-state index in [0.717, 1.165) is 17.9 Å². The van der Waals surface area contributed by atoms with Gasteiger partial charge in [0.05, 0.1) is 11.9 Å². The molecule has 1 aromatic carbocycles. The first-order valence-electron chi connectivity index (χ1n) is 6.73. The number of nitrogens with zero attached hydrogens (tertiary/aromatic N) is 2. The SMILES string of the molecule is CC(C)NCc1ccncc1N(C)c1ccc(F)cc1. The Morgan fingerprint density at radius 1 is 1.20 bits per heavy atom. The zero-order valence-electron chi connectivity index (χ0n) is 12.1. The number of benzene rings is 1. The number of rotatable bonds is 5. The second-order valence-electron chi connectivity index (χ2n) is 5.08. The van der Waals surface area contributed by atoms with E-state index in [1.54, 1.807) is 18.3 Å². The van der Waals surface area contributed by atoms with Gasteiger partial charge in [-0.05, 0) is 35.9 Å². The Morgan fingerprint density at radius 2 is 1.90 bits per heavy atom. The average Bonchev–Trinajstić information content (AvgIpc) is 2.45. The van der Waals surface area contributed by atoms with Gasteiger partial charge in [-0.2, -0.15) is 0 Å².